The van der Waals surface area contributed by atoms with Gasteiger partial charge in [-0.1, -0.05) is 23.7 Å². The van der Waals surface area contributed by atoms with Gasteiger partial charge < -0.3 is 14.5 Å². The molecule has 0 spiro atoms. The second kappa shape index (κ2) is 8.40. The molecule has 0 radical (unpaired) electrons. The molecule has 0 saturated carbocycles. The Morgan fingerprint density at radius 2 is 1.70 bits per heavy atom. The Morgan fingerprint density at radius 3 is 2.37 bits per heavy atom. The van der Waals surface area contributed by atoms with Gasteiger partial charge in [0.05, 0.1) is 11.4 Å². The van der Waals surface area contributed by atoms with Crippen molar-refractivity contribution in [1.82, 2.24) is 4.90 Å². The number of anilines is 2. The number of benzene rings is 2. The third kappa shape index (κ3) is 4.84. The van der Waals surface area contributed by atoms with Gasteiger partial charge in [0, 0.05) is 50.1 Å². The van der Waals surface area contributed by atoms with E-state index in [0.29, 0.717) is 12.6 Å². The molecule has 1 saturated heterocycles. The van der Waals surface area contributed by atoms with Gasteiger partial charge in [-0.2, -0.15) is 0 Å². The van der Waals surface area contributed by atoms with E-state index >= 15 is 0 Å². The molecule has 1 fully saturated rings. The number of piperidine rings is 1. The van der Waals surface area contributed by atoms with Crippen molar-refractivity contribution in [3.8, 4) is 5.75 Å². The number of likely N-dealkylation sites (tertiary alicyclic amines) is 1. The lowest BCUT2D eigenvalue weighted by molar-refractivity contribution is -0.274. The smallest absolute Gasteiger partial charge is 0.406 e. The molecule has 2 aliphatic heterocycles. The molecule has 0 N–H and O–H groups in total. The molecule has 4 nitrogen and oxygen atoms in total. The number of hydrogen-bond donors (Lipinski definition) is 0. The first kappa shape index (κ1) is 20.9. The van der Waals surface area contributed by atoms with Crippen LogP contribution in [0.25, 0.3) is 0 Å². The number of ether oxygens (including phenoxy) is 1. The number of halogens is 4. The summed E-state index contributed by atoms with van der Waals surface area (Å²) in [6, 6.07) is 12.4. The Morgan fingerprint density at radius 1 is 1.00 bits per heavy atom. The predicted octanol–water partition coefficient (Wildman–Crippen LogP) is 5.63. The third-order valence-corrected chi connectivity index (χ3v) is 5.80. The molecular weight excluding hydrogens is 415 g/mol. The maximum Gasteiger partial charge on any atom is 0.573 e. The average Bonchev–Trinajstić information content (AvgIpc) is 2.69. The number of alkyl halides is 3. The number of nitrogens with zero attached hydrogens (tertiary/aromatic N) is 3. The van der Waals surface area contributed by atoms with E-state index in [1.807, 2.05) is 25.2 Å². The van der Waals surface area contributed by atoms with Crippen LogP contribution in [0.4, 0.5) is 24.5 Å². The normalized spacial score (nSPS) is 17.9. The average molecular weight is 438 g/mol. The number of rotatable bonds is 4. The van der Waals surface area contributed by atoms with Crippen molar-refractivity contribution >= 4 is 23.0 Å². The second-order valence-corrected chi connectivity index (χ2v) is 8.08. The van der Waals surface area contributed by atoms with Gasteiger partial charge in [0.15, 0.2) is 0 Å². The molecule has 2 aliphatic rings. The lowest BCUT2D eigenvalue weighted by Gasteiger charge is -2.41. The van der Waals surface area contributed by atoms with Gasteiger partial charge in [0.1, 0.15) is 5.75 Å². The fourth-order valence-corrected chi connectivity index (χ4v) is 4.23. The van der Waals surface area contributed by atoms with E-state index in [1.165, 1.54) is 12.1 Å². The zero-order chi connectivity index (χ0) is 21.3. The Bertz CT molecular complexity index is 909. The molecular formula is C22H23ClF3N3O. The van der Waals surface area contributed by atoms with Crippen LogP contribution in [0.2, 0.25) is 5.02 Å². The van der Waals surface area contributed by atoms with Crippen molar-refractivity contribution < 1.29 is 17.9 Å². The predicted molar refractivity (Wildman–Crippen MR) is 113 cm³/mol. The van der Waals surface area contributed by atoms with Crippen LogP contribution in [0.1, 0.15) is 18.4 Å². The molecule has 2 aromatic carbocycles. The molecule has 160 valence electrons. The highest BCUT2D eigenvalue weighted by Gasteiger charge is 2.31. The largest absolute Gasteiger partial charge is 0.573 e. The summed E-state index contributed by atoms with van der Waals surface area (Å²) in [7, 11) is 2.02. The second-order valence-electron chi connectivity index (χ2n) is 7.65. The molecule has 0 atom stereocenters. The van der Waals surface area contributed by atoms with Crippen molar-refractivity contribution in [2.24, 2.45) is 0 Å². The Balaban J connectivity index is 1.36. The van der Waals surface area contributed by atoms with Gasteiger partial charge in [0.2, 0.25) is 0 Å². The first-order valence-corrected chi connectivity index (χ1v) is 10.2. The first-order chi connectivity index (χ1) is 14.3. The molecule has 0 aliphatic carbocycles. The van der Waals surface area contributed by atoms with Gasteiger partial charge >= 0.3 is 6.36 Å². The topological polar surface area (TPSA) is 19.0 Å². The van der Waals surface area contributed by atoms with Crippen LogP contribution in [-0.2, 0) is 6.54 Å². The summed E-state index contributed by atoms with van der Waals surface area (Å²) in [5, 5.41) is 0.720. The van der Waals surface area contributed by atoms with Gasteiger partial charge in [-0.25, -0.2) is 0 Å². The molecule has 0 unspecified atom stereocenters. The summed E-state index contributed by atoms with van der Waals surface area (Å²) >= 11 is 6.24. The van der Waals surface area contributed by atoms with Crippen molar-refractivity contribution in [2.75, 3.05) is 29.9 Å². The fourth-order valence-electron chi connectivity index (χ4n) is 4.06. The lowest BCUT2D eigenvalue weighted by Crippen LogP contribution is -2.44. The highest BCUT2D eigenvalue weighted by Crippen LogP contribution is 2.38. The number of fused-ring (bicyclic) bond motifs is 1. The van der Waals surface area contributed by atoms with E-state index < -0.39 is 6.36 Å². The number of hydrogen-bond acceptors (Lipinski definition) is 4. The van der Waals surface area contributed by atoms with Crippen molar-refractivity contribution in [2.45, 2.75) is 31.8 Å². The van der Waals surface area contributed by atoms with Gasteiger partial charge in [0.25, 0.3) is 0 Å². The van der Waals surface area contributed by atoms with E-state index in [-0.39, 0.29) is 5.75 Å². The summed E-state index contributed by atoms with van der Waals surface area (Å²) < 4.78 is 40.8. The van der Waals surface area contributed by atoms with E-state index in [2.05, 4.69) is 31.8 Å². The van der Waals surface area contributed by atoms with Crippen molar-refractivity contribution in [1.29, 1.82) is 0 Å². The standard InChI is InChI=1S/C22H23ClF3N3O/c1-27-12-13-29(21-14-17(23)4-7-20(21)27)18-8-10-28(11-9-18)15-16-2-5-19(6-3-16)30-22(24,25)26/h2-7,12-14,18H,8-11,15H2,1H3. The molecule has 2 heterocycles. The van der Waals surface area contributed by atoms with Crippen molar-refractivity contribution in [3.63, 3.8) is 0 Å². The first-order valence-electron chi connectivity index (χ1n) is 9.84. The zero-order valence-electron chi connectivity index (χ0n) is 16.6. The maximum absolute atomic E-state index is 12.3. The zero-order valence-corrected chi connectivity index (χ0v) is 17.3. The Labute approximate surface area is 179 Å². The Hall–Kier alpha value is -2.38. The summed E-state index contributed by atoms with van der Waals surface area (Å²) in [6.07, 6.45) is 1.50. The summed E-state index contributed by atoms with van der Waals surface area (Å²) in [6.45, 7) is 2.54. The fraction of sp³-hybridized carbons (Fsp3) is 0.364. The van der Waals surface area contributed by atoms with Crippen LogP contribution in [0.15, 0.2) is 54.9 Å². The minimum atomic E-state index is -4.66. The molecule has 30 heavy (non-hydrogen) atoms. The molecule has 0 amide bonds. The van der Waals surface area contributed by atoms with Crippen LogP contribution in [0.5, 0.6) is 5.75 Å². The molecule has 8 heteroatoms. The van der Waals surface area contributed by atoms with Gasteiger partial charge in [-0.3, -0.25) is 4.90 Å². The van der Waals surface area contributed by atoms with E-state index in [4.69, 9.17) is 11.6 Å². The highest BCUT2D eigenvalue weighted by atomic mass is 35.5. The quantitative estimate of drug-likeness (QED) is 0.617. The lowest BCUT2D eigenvalue weighted by atomic mass is 10.0. The van der Waals surface area contributed by atoms with Crippen molar-refractivity contribution in [3.05, 3.63) is 65.5 Å². The highest BCUT2D eigenvalue weighted by molar-refractivity contribution is 6.31. The Kier molecular flexibility index (Phi) is 5.84. The van der Waals surface area contributed by atoms with E-state index in [1.54, 1.807) is 12.1 Å². The summed E-state index contributed by atoms with van der Waals surface area (Å²) in [5.41, 5.74) is 3.22. The van der Waals surface area contributed by atoms with Crippen LogP contribution < -0.4 is 14.5 Å². The minimum absolute atomic E-state index is 0.191. The molecule has 0 bridgehead atoms. The van der Waals surface area contributed by atoms with Gasteiger partial charge in [-0.15, -0.1) is 13.2 Å². The minimum Gasteiger partial charge on any atom is -0.406 e. The molecule has 2 aromatic rings. The monoisotopic (exact) mass is 437 g/mol. The van der Waals surface area contributed by atoms with Crippen LogP contribution in [0, 0.1) is 0 Å². The summed E-state index contributed by atoms with van der Waals surface area (Å²) in [4.78, 5) is 6.72. The SMILES string of the molecule is CN1C=CN(C2CCN(Cc3ccc(OC(F)(F)F)cc3)CC2)c2cc(Cl)ccc21. The molecule has 0 aromatic heterocycles. The van der Waals surface area contributed by atoms with Crippen LogP contribution in [0.3, 0.4) is 0 Å². The van der Waals surface area contributed by atoms with E-state index in [9.17, 15) is 13.2 Å². The van der Waals surface area contributed by atoms with E-state index in [0.717, 1.165) is 47.9 Å². The maximum atomic E-state index is 12.3. The van der Waals surface area contributed by atoms with Crippen LogP contribution in [-0.4, -0.2) is 37.4 Å². The third-order valence-electron chi connectivity index (χ3n) is 5.56. The van der Waals surface area contributed by atoms with Gasteiger partial charge in [-0.05, 0) is 48.7 Å². The molecule has 4 rings (SSSR count). The van der Waals surface area contributed by atoms with Crippen LogP contribution >= 0.6 is 11.6 Å². The summed E-state index contributed by atoms with van der Waals surface area (Å²) in [5.74, 6) is -0.191.